The molecule has 0 aliphatic heterocycles. The zero-order valence-corrected chi connectivity index (χ0v) is 10.5. The zero-order chi connectivity index (χ0) is 13.4. The number of ether oxygens (including phenoxy) is 2. The second-order valence-corrected chi connectivity index (χ2v) is 3.60. The number of hydrogen-bond acceptors (Lipinski definition) is 4. The molecule has 1 atom stereocenters. The molecule has 0 aliphatic rings. The number of benzene rings is 1. The van der Waals surface area contributed by atoms with E-state index in [0.29, 0.717) is 12.4 Å². The minimum Gasteiger partial charge on any atom is -0.481 e. The van der Waals surface area contributed by atoms with Gasteiger partial charge in [-0.25, -0.2) is 0 Å². The lowest BCUT2D eigenvalue weighted by atomic mass is 10.3. The summed E-state index contributed by atoms with van der Waals surface area (Å²) >= 11 is 0. The van der Waals surface area contributed by atoms with Crippen molar-refractivity contribution in [2.45, 2.75) is 20.0 Å². The molecular weight excluding hydrogens is 234 g/mol. The third kappa shape index (κ3) is 4.86. The van der Waals surface area contributed by atoms with Gasteiger partial charge in [-0.3, -0.25) is 9.59 Å². The molecular formula is C13H17NO4. The highest BCUT2D eigenvalue weighted by Gasteiger charge is 2.15. The molecule has 0 aromatic heterocycles. The van der Waals surface area contributed by atoms with Crippen LogP contribution in [0.2, 0.25) is 0 Å². The smallest absolute Gasteiger partial charge is 0.325 e. The van der Waals surface area contributed by atoms with Crippen LogP contribution in [0, 0.1) is 0 Å². The second-order valence-electron chi connectivity index (χ2n) is 3.60. The van der Waals surface area contributed by atoms with Crippen molar-refractivity contribution in [1.82, 2.24) is 5.32 Å². The predicted molar refractivity (Wildman–Crippen MR) is 66.2 cm³/mol. The van der Waals surface area contributed by atoms with E-state index < -0.39 is 12.1 Å². The highest BCUT2D eigenvalue weighted by Crippen LogP contribution is 2.10. The number of rotatable bonds is 6. The van der Waals surface area contributed by atoms with E-state index in [2.05, 4.69) is 5.32 Å². The topological polar surface area (TPSA) is 64.6 Å². The molecule has 0 saturated carbocycles. The summed E-state index contributed by atoms with van der Waals surface area (Å²) in [6.07, 6.45) is -0.665. The van der Waals surface area contributed by atoms with Gasteiger partial charge in [0.25, 0.3) is 5.91 Å². The van der Waals surface area contributed by atoms with Crippen LogP contribution in [0.15, 0.2) is 30.3 Å². The average molecular weight is 251 g/mol. The maximum absolute atomic E-state index is 11.6. The summed E-state index contributed by atoms with van der Waals surface area (Å²) < 4.78 is 10.1. The highest BCUT2D eigenvalue weighted by molar-refractivity contribution is 5.84. The number of hydrogen-bond donors (Lipinski definition) is 1. The minimum atomic E-state index is -0.665. The molecule has 0 bridgehead atoms. The fourth-order valence-electron chi connectivity index (χ4n) is 1.27. The SMILES string of the molecule is CCOC(=O)CNC(=O)[C@@H](C)Oc1ccccc1. The van der Waals surface area contributed by atoms with E-state index in [1.807, 2.05) is 18.2 Å². The van der Waals surface area contributed by atoms with Gasteiger partial charge in [0.2, 0.25) is 0 Å². The molecule has 5 heteroatoms. The van der Waals surface area contributed by atoms with Crippen LogP contribution in [0.1, 0.15) is 13.8 Å². The standard InChI is InChI=1S/C13H17NO4/c1-3-17-12(15)9-14-13(16)10(2)18-11-7-5-4-6-8-11/h4-8,10H,3,9H2,1-2H3,(H,14,16)/t10-/m1/s1. The molecule has 0 radical (unpaired) electrons. The Morgan fingerprint density at radius 2 is 1.94 bits per heavy atom. The molecule has 1 amide bonds. The van der Waals surface area contributed by atoms with Gasteiger partial charge in [0.1, 0.15) is 12.3 Å². The Bertz CT molecular complexity index is 391. The molecule has 1 aromatic rings. The largest absolute Gasteiger partial charge is 0.481 e. The third-order valence-electron chi connectivity index (χ3n) is 2.14. The normalized spacial score (nSPS) is 11.4. The lowest BCUT2D eigenvalue weighted by molar-refractivity contribution is -0.144. The van der Waals surface area contributed by atoms with E-state index in [-0.39, 0.29) is 12.5 Å². The van der Waals surface area contributed by atoms with E-state index in [1.54, 1.807) is 26.0 Å². The van der Waals surface area contributed by atoms with E-state index in [1.165, 1.54) is 0 Å². The first-order valence-electron chi connectivity index (χ1n) is 5.78. The van der Waals surface area contributed by atoms with Gasteiger partial charge in [-0.15, -0.1) is 0 Å². The van der Waals surface area contributed by atoms with Crippen molar-refractivity contribution in [2.24, 2.45) is 0 Å². The van der Waals surface area contributed by atoms with Gasteiger partial charge in [-0.05, 0) is 26.0 Å². The Balaban J connectivity index is 2.35. The maximum atomic E-state index is 11.6. The van der Waals surface area contributed by atoms with Gasteiger partial charge in [0, 0.05) is 0 Å². The summed E-state index contributed by atoms with van der Waals surface area (Å²) in [6, 6.07) is 9.01. The number of carbonyl (C=O) groups excluding carboxylic acids is 2. The first kappa shape index (κ1) is 14.0. The fourth-order valence-corrected chi connectivity index (χ4v) is 1.27. The first-order valence-corrected chi connectivity index (χ1v) is 5.78. The van der Waals surface area contributed by atoms with Crippen molar-refractivity contribution >= 4 is 11.9 Å². The Hall–Kier alpha value is -2.04. The van der Waals surface area contributed by atoms with Gasteiger partial charge < -0.3 is 14.8 Å². The van der Waals surface area contributed by atoms with Crippen molar-refractivity contribution in [3.8, 4) is 5.75 Å². The summed E-state index contributed by atoms with van der Waals surface area (Å²) in [4.78, 5) is 22.7. The quantitative estimate of drug-likeness (QED) is 0.770. The van der Waals surface area contributed by atoms with Crippen molar-refractivity contribution in [1.29, 1.82) is 0 Å². The summed E-state index contributed by atoms with van der Waals surface area (Å²) in [5, 5.41) is 2.45. The second kappa shape index (κ2) is 7.32. The van der Waals surface area contributed by atoms with Crippen molar-refractivity contribution in [3.63, 3.8) is 0 Å². The van der Waals surface area contributed by atoms with Gasteiger partial charge in [-0.2, -0.15) is 0 Å². The van der Waals surface area contributed by atoms with Gasteiger partial charge in [-0.1, -0.05) is 18.2 Å². The van der Waals surface area contributed by atoms with Gasteiger partial charge in [0.15, 0.2) is 6.10 Å². The lowest BCUT2D eigenvalue weighted by Crippen LogP contribution is -2.39. The van der Waals surface area contributed by atoms with E-state index in [4.69, 9.17) is 9.47 Å². The van der Waals surface area contributed by atoms with Crippen LogP contribution >= 0.6 is 0 Å². The van der Waals surface area contributed by atoms with E-state index in [9.17, 15) is 9.59 Å². The molecule has 0 saturated heterocycles. The maximum Gasteiger partial charge on any atom is 0.325 e. The van der Waals surface area contributed by atoms with Crippen LogP contribution in [-0.2, 0) is 14.3 Å². The summed E-state index contributed by atoms with van der Waals surface area (Å²) in [7, 11) is 0. The molecule has 1 aromatic carbocycles. The van der Waals surface area contributed by atoms with E-state index in [0.717, 1.165) is 0 Å². The van der Waals surface area contributed by atoms with Crippen LogP contribution in [0.3, 0.4) is 0 Å². The fraction of sp³-hybridized carbons (Fsp3) is 0.385. The average Bonchev–Trinajstić information content (AvgIpc) is 2.37. The Labute approximate surface area is 106 Å². The number of amides is 1. The molecule has 0 fully saturated rings. The minimum absolute atomic E-state index is 0.144. The first-order chi connectivity index (χ1) is 8.63. The van der Waals surface area contributed by atoms with Crippen molar-refractivity contribution in [2.75, 3.05) is 13.2 Å². The summed E-state index contributed by atoms with van der Waals surface area (Å²) in [6.45, 7) is 3.48. The monoisotopic (exact) mass is 251 g/mol. The molecule has 98 valence electrons. The van der Waals surface area contributed by atoms with Crippen LogP contribution in [0.5, 0.6) is 5.75 Å². The summed E-state index contributed by atoms with van der Waals surface area (Å²) in [5.74, 6) is -0.207. The predicted octanol–water partition coefficient (Wildman–Crippen LogP) is 1.13. The molecule has 0 aliphatic carbocycles. The van der Waals surface area contributed by atoms with Gasteiger partial charge >= 0.3 is 5.97 Å². The van der Waals surface area contributed by atoms with Crippen LogP contribution in [0.4, 0.5) is 0 Å². The zero-order valence-electron chi connectivity index (χ0n) is 10.5. The third-order valence-corrected chi connectivity index (χ3v) is 2.14. The highest BCUT2D eigenvalue weighted by atomic mass is 16.5. The molecule has 0 spiro atoms. The van der Waals surface area contributed by atoms with Crippen LogP contribution < -0.4 is 10.1 Å². The number of carbonyl (C=O) groups is 2. The Morgan fingerprint density at radius 1 is 1.28 bits per heavy atom. The summed E-state index contributed by atoms with van der Waals surface area (Å²) in [5.41, 5.74) is 0. The van der Waals surface area contributed by atoms with Crippen LogP contribution in [-0.4, -0.2) is 31.1 Å². The molecule has 1 rings (SSSR count). The molecule has 1 N–H and O–H groups in total. The van der Waals surface area contributed by atoms with Crippen LogP contribution in [0.25, 0.3) is 0 Å². The van der Waals surface area contributed by atoms with Crippen molar-refractivity contribution in [3.05, 3.63) is 30.3 Å². The molecule has 18 heavy (non-hydrogen) atoms. The van der Waals surface area contributed by atoms with Crippen molar-refractivity contribution < 1.29 is 19.1 Å². The number of para-hydroxylation sites is 1. The lowest BCUT2D eigenvalue weighted by Gasteiger charge is -2.14. The number of nitrogens with one attached hydrogen (secondary N) is 1. The molecule has 0 unspecified atom stereocenters. The Morgan fingerprint density at radius 3 is 2.56 bits per heavy atom. The number of esters is 1. The Kier molecular flexibility index (Phi) is 5.70. The van der Waals surface area contributed by atoms with E-state index >= 15 is 0 Å². The van der Waals surface area contributed by atoms with Gasteiger partial charge in [0.05, 0.1) is 6.61 Å². The molecule has 0 heterocycles. The molecule has 5 nitrogen and oxygen atoms in total.